The number of nitrogens with one attached hydrogen (secondary N) is 2. The van der Waals surface area contributed by atoms with Gasteiger partial charge in [-0.1, -0.05) is 36.4 Å². The highest BCUT2D eigenvalue weighted by molar-refractivity contribution is 7.17. The molecule has 0 bridgehead atoms. The van der Waals surface area contributed by atoms with Crippen molar-refractivity contribution >= 4 is 33.3 Å². The highest BCUT2D eigenvalue weighted by Gasteiger charge is 2.16. The fourth-order valence-electron chi connectivity index (χ4n) is 2.93. The summed E-state index contributed by atoms with van der Waals surface area (Å²) in [5.41, 5.74) is 2.94. The van der Waals surface area contributed by atoms with E-state index in [1.807, 2.05) is 36.4 Å². The molecule has 0 aliphatic carbocycles. The lowest BCUT2D eigenvalue weighted by atomic mass is 10.1. The summed E-state index contributed by atoms with van der Waals surface area (Å²) in [6.45, 7) is 2.59. The van der Waals surface area contributed by atoms with E-state index < -0.39 is 0 Å². The molecule has 7 heteroatoms. The van der Waals surface area contributed by atoms with Gasteiger partial charge in [0, 0.05) is 37.2 Å². The fraction of sp³-hybridized carbons (Fsp3) is 0.143. The molecule has 3 aromatic heterocycles. The van der Waals surface area contributed by atoms with E-state index >= 15 is 0 Å². The number of pyridine rings is 1. The third-order valence-electron chi connectivity index (χ3n) is 4.20. The molecule has 3 heterocycles. The molecule has 4 rings (SSSR count). The maximum Gasteiger partial charge on any atom is 0.216 e. The van der Waals surface area contributed by atoms with Crippen molar-refractivity contribution in [3.05, 3.63) is 60.1 Å². The van der Waals surface area contributed by atoms with Gasteiger partial charge >= 0.3 is 0 Å². The number of benzene rings is 1. The lowest BCUT2D eigenvalue weighted by molar-refractivity contribution is -0.118. The van der Waals surface area contributed by atoms with E-state index in [0.29, 0.717) is 18.9 Å². The summed E-state index contributed by atoms with van der Waals surface area (Å²) in [7, 11) is 0. The van der Waals surface area contributed by atoms with Gasteiger partial charge in [-0.2, -0.15) is 0 Å². The molecular weight excluding hydrogens is 370 g/mol. The zero-order valence-electron chi connectivity index (χ0n) is 15.3. The number of carbonyl (C=O) groups is 1. The molecule has 28 heavy (non-hydrogen) atoms. The van der Waals surface area contributed by atoms with Gasteiger partial charge in [-0.15, -0.1) is 11.3 Å². The second-order valence-electron chi connectivity index (χ2n) is 6.22. The van der Waals surface area contributed by atoms with Crippen LogP contribution in [-0.4, -0.2) is 33.9 Å². The topological polar surface area (TPSA) is 79.8 Å². The van der Waals surface area contributed by atoms with Gasteiger partial charge in [-0.25, -0.2) is 9.97 Å². The number of hydrogen-bond acceptors (Lipinski definition) is 6. The highest BCUT2D eigenvalue weighted by Crippen LogP contribution is 2.37. The number of amides is 1. The summed E-state index contributed by atoms with van der Waals surface area (Å²) in [6.07, 6.45) is 1.73. The first-order chi connectivity index (χ1) is 13.7. The van der Waals surface area contributed by atoms with Gasteiger partial charge in [-0.05, 0) is 17.7 Å². The molecule has 0 aliphatic heterocycles. The summed E-state index contributed by atoms with van der Waals surface area (Å²) in [5, 5.41) is 9.25. The number of fused-ring (bicyclic) bond motifs is 1. The summed E-state index contributed by atoms with van der Waals surface area (Å²) in [6, 6.07) is 15.9. The molecule has 0 atom stereocenters. The first-order valence-electron chi connectivity index (χ1n) is 8.97. The minimum atomic E-state index is -0.0516. The quantitative estimate of drug-likeness (QED) is 0.488. The number of nitrogens with zero attached hydrogens (tertiary/aromatic N) is 3. The molecule has 0 unspecified atom stereocenters. The van der Waals surface area contributed by atoms with Crippen LogP contribution in [-0.2, 0) is 4.79 Å². The van der Waals surface area contributed by atoms with E-state index in [4.69, 9.17) is 9.97 Å². The van der Waals surface area contributed by atoms with E-state index in [-0.39, 0.29) is 5.91 Å². The molecule has 0 fully saturated rings. The first-order valence-corrected chi connectivity index (χ1v) is 9.84. The molecule has 140 valence electrons. The SMILES string of the molecule is CC(=O)NCCNc1nc(-c2ccccn2)nc2scc(-c3ccccc3)c12. The monoisotopic (exact) mass is 389 g/mol. The van der Waals surface area contributed by atoms with Crippen LogP contribution >= 0.6 is 11.3 Å². The van der Waals surface area contributed by atoms with Crippen molar-refractivity contribution in [1.29, 1.82) is 0 Å². The van der Waals surface area contributed by atoms with Crippen LogP contribution in [0.15, 0.2) is 60.1 Å². The van der Waals surface area contributed by atoms with Crippen molar-refractivity contribution in [1.82, 2.24) is 20.3 Å². The van der Waals surface area contributed by atoms with Gasteiger partial charge in [0.05, 0.1) is 5.39 Å². The average Bonchev–Trinajstić information content (AvgIpc) is 3.16. The molecule has 0 aliphatic rings. The van der Waals surface area contributed by atoms with Crippen molar-refractivity contribution < 1.29 is 4.79 Å². The molecular formula is C21H19N5OS. The van der Waals surface area contributed by atoms with Crippen LogP contribution in [0.5, 0.6) is 0 Å². The Kier molecular flexibility index (Phi) is 5.25. The maximum atomic E-state index is 11.1. The third kappa shape index (κ3) is 3.84. The molecule has 1 amide bonds. The number of anilines is 1. The summed E-state index contributed by atoms with van der Waals surface area (Å²) >= 11 is 1.59. The van der Waals surface area contributed by atoms with Gasteiger partial charge < -0.3 is 10.6 Å². The highest BCUT2D eigenvalue weighted by atomic mass is 32.1. The minimum Gasteiger partial charge on any atom is -0.368 e. The Hall–Kier alpha value is -3.32. The summed E-state index contributed by atoms with van der Waals surface area (Å²) in [5.74, 6) is 1.28. The second-order valence-corrected chi connectivity index (χ2v) is 7.07. The van der Waals surface area contributed by atoms with Crippen LogP contribution < -0.4 is 10.6 Å². The lowest BCUT2D eigenvalue weighted by Gasteiger charge is -2.11. The molecule has 0 saturated heterocycles. The number of carbonyl (C=O) groups excluding carboxylic acids is 1. The summed E-state index contributed by atoms with van der Waals surface area (Å²) < 4.78 is 0. The summed E-state index contributed by atoms with van der Waals surface area (Å²) in [4.78, 5) is 25.9. The van der Waals surface area contributed by atoms with E-state index in [9.17, 15) is 4.79 Å². The van der Waals surface area contributed by atoms with Crippen molar-refractivity contribution in [3.8, 4) is 22.6 Å². The zero-order chi connectivity index (χ0) is 19.3. The number of thiophene rings is 1. The van der Waals surface area contributed by atoms with Crippen LogP contribution in [0.25, 0.3) is 32.9 Å². The molecule has 0 spiro atoms. The average molecular weight is 389 g/mol. The lowest BCUT2D eigenvalue weighted by Crippen LogP contribution is -2.26. The van der Waals surface area contributed by atoms with Gasteiger partial charge in [-0.3, -0.25) is 9.78 Å². The Labute approximate surface area is 166 Å². The van der Waals surface area contributed by atoms with Crippen LogP contribution in [0.4, 0.5) is 5.82 Å². The van der Waals surface area contributed by atoms with Crippen molar-refractivity contribution in [2.75, 3.05) is 18.4 Å². The predicted molar refractivity (Wildman–Crippen MR) is 113 cm³/mol. The smallest absolute Gasteiger partial charge is 0.216 e. The van der Waals surface area contributed by atoms with E-state index in [1.165, 1.54) is 6.92 Å². The third-order valence-corrected chi connectivity index (χ3v) is 5.08. The minimum absolute atomic E-state index is 0.0516. The molecule has 2 N–H and O–H groups in total. The fourth-order valence-corrected chi connectivity index (χ4v) is 3.88. The molecule has 6 nitrogen and oxygen atoms in total. The normalized spacial score (nSPS) is 10.8. The number of aromatic nitrogens is 3. The van der Waals surface area contributed by atoms with Gasteiger partial charge in [0.15, 0.2) is 5.82 Å². The van der Waals surface area contributed by atoms with Crippen molar-refractivity contribution in [3.63, 3.8) is 0 Å². The van der Waals surface area contributed by atoms with Crippen LogP contribution in [0.1, 0.15) is 6.92 Å². The van der Waals surface area contributed by atoms with Crippen molar-refractivity contribution in [2.24, 2.45) is 0 Å². The zero-order valence-corrected chi connectivity index (χ0v) is 16.2. The predicted octanol–water partition coefficient (Wildman–Crippen LogP) is 3.97. The van der Waals surface area contributed by atoms with Crippen molar-refractivity contribution in [2.45, 2.75) is 6.92 Å². The Bertz CT molecular complexity index is 1100. The molecule has 0 radical (unpaired) electrons. The van der Waals surface area contributed by atoms with Gasteiger partial charge in [0.2, 0.25) is 5.91 Å². The van der Waals surface area contributed by atoms with Gasteiger partial charge in [0.1, 0.15) is 16.3 Å². The van der Waals surface area contributed by atoms with Gasteiger partial charge in [0.25, 0.3) is 0 Å². The second kappa shape index (κ2) is 8.14. The Morgan fingerprint density at radius 1 is 1.04 bits per heavy atom. The molecule has 0 saturated carbocycles. The maximum absolute atomic E-state index is 11.1. The van der Waals surface area contributed by atoms with E-state index in [0.717, 1.165) is 32.9 Å². The van der Waals surface area contributed by atoms with E-state index in [1.54, 1.807) is 17.5 Å². The Morgan fingerprint density at radius 3 is 2.61 bits per heavy atom. The Morgan fingerprint density at radius 2 is 1.86 bits per heavy atom. The van der Waals surface area contributed by atoms with Crippen LogP contribution in [0.2, 0.25) is 0 Å². The Balaban J connectivity index is 1.78. The largest absolute Gasteiger partial charge is 0.368 e. The first kappa shape index (κ1) is 18.1. The molecule has 1 aromatic carbocycles. The number of hydrogen-bond donors (Lipinski definition) is 2. The van der Waals surface area contributed by atoms with E-state index in [2.05, 4.69) is 33.1 Å². The number of rotatable bonds is 6. The standard InChI is InChI=1S/C21H19N5OS/c1-14(27)22-11-12-24-20-18-16(15-7-3-2-4-8-15)13-28-21(18)26-19(25-20)17-9-5-6-10-23-17/h2-10,13H,11-12H2,1H3,(H,22,27)(H,24,25,26). The van der Waals surface area contributed by atoms with Crippen LogP contribution in [0, 0.1) is 0 Å². The molecule has 4 aromatic rings. The van der Waals surface area contributed by atoms with Crippen LogP contribution in [0.3, 0.4) is 0 Å².